The molecule has 0 aliphatic rings. The van der Waals surface area contributed by atoms with Crippen molar-refractivity contribution in [2.24, 2.45) is 0 Å². The number of rotatable bonds is 4. The molecule has 2 rings (SSSR count). The van der Waals surface area contributed by atoms with Crippen LogP contribution >= 0.6 is 23.2 Å². The Morgan fingerprint density at radius 1 is 1.15 bits per heavy atom. The maximum Gasteiger partial charge on any atom is 0.168 e. The molecule has 0 aromatic heterocycles. The van der Waals surface area contributed by atoms with E-state index in [0.29, 0.717) is 21.2 Å². The molecule has 0 aliphatic heterocycles. The monoisotopic (exact) mass is 314 g/mol. The van der Waals surface area contributed by atoms with E-state index in [1.54, 1.807) is 30.3 Å². The minimum absolute atomic E-state index is 0.0620. The number of hydrogen-bond donors (Lipinski definition) is 1. The lowest BCUT2D eigenvalue weighted by molar-refractivity contribution is 0.177. The zero-order valence-electron chi connectivity index (χ0n) is 10.7. The Labute approximate surface area is 126 Å². The smallest absolute Gasteiger partial charge is 0.168 e. The number of halogens is 3. The molecule has 0 saturated heterocycles. The summed E-state index contributed by atoms with van der Waals surface area (Å²) in [6.07, 6.45) is -0.926. The van der Waals surface area contributed by atoms with Crippen molar-refractivity contribution in [2.45, 2.75) is 12.5 Å². The van der Waals surface area contributed by atoms with Crippen molar-refractivity contribution in [1.29, 1.82) is 0 Å². The summed E-state index contributed by atoms with van der Waals surface area (Å²) in [5.74, 6) is -0.350. The molecule has 106 valence electrons. The molecular formula is C15H13Cl2FO2. The van der Waals surface area contributed by atoms with E-state index in [2.05, 4.69) is 0 Å². The van der Waals surface area contributed by atoms with Crippen LogP contribution in [-0.2, 0) is 6.42 Å². The zero-order chi connectivity index (χ0) is 14.7. The summed E-state index contributed by atoms with van der Waals surface area (Å²) >= 11 is 12.1. The molecule has 2 nitrogen and oxygen atoms in total. The average molecular weight is 315 g/mol. The fourth-order valence-electron chi connectivity index (χ4n) is 2.01. The molecule has 5 heteroatoms. The molecule has 1 N–H and O–H groups in total. The Balaban J connectivity index is 2.31. The number of methoxy groups -OCH3 is 1. The van der Waals surface area contributed by atoms with Crippen molar-refractivity contribution < 1.29 is 14.2 Å². The number of ether oxygens (including phenoxy) is 1. The van der Waals surface area contributed by atoms with Crippen LogP contribution in [0.2, 0.25) is 10.0 Å². The average Bonchev–Trinajstić information content (AvgIpc) is 2.41. The van der Waals surface area contributed by atoms with Crippen LogP contribution in [0.5, 0.6) is 5.75 Å². The Hall–Kier alpha value is -1.29. The van der Waals surface area contributed by atoms with Crippen LogP contribution in [0.1, 0.15) is 17.2 Å². The van der Waals surface area contributed by atoms with E-state index < -0.39 is 11.9 Å². The van der Waals surface area contributed by atoms with Crippen molar-refractivity contribution >= 4 is 23.2 Å². The first-order valence-electron chi connectivity index (χ1n) is 5.98. The SMILES string of the molecule is COc1cccc(CC(O)c2c(Cl)cccc2Cl)c1F. The fourth-order valence-corrected chi connectivity index (χ4v) is 2.66. The summed E-state index contributed by atoms with van der Waals surface area (Å²) in [5, 5.41) is 11.0. The molecule has 0 heterocycles. The maximum atomic E-state index is 14.0. The summed E-state index contributed by atoms with van der Waals surface area (Å²) in [4.78, 5) is 0. The number of benzene rings is 2. The predicted octanol–water partition coefficient (Wildman–Crippen LogP) is 4.42. The highest BCUT2D eigenvalue weighted by atomic mass is 35.5. The van der Waals surface area contributed by atoms with Gasteiger partial charge in [0.2, 0.25) is 0 Å². The molecule has 0 radical (unpaired) electrons. The van der Waals surface area contributed by atoms with Crippen molar-refractivity contribution in [3.8, 4) is 5.75 Å². The van der Waals surface area contributed by atoms with Crippen molar-refractivity contribution in [3.05, 3.63) is 63.4 Å². The lowest BCUT2D eigenvalue weighted by atomic mass is 10.0. The minimum atomic E-state index is -0.988. The molecule has 0 aliphatic carbocycles. The van der Waals surface area contributed by atoms with Crippen molar-refractivity contribution in [1.82, 2.24) is 0 Å². The van der Waals surface area contributed by atoms with Gasteiger partial charge in [-0.25, -0.2) is 4.39 Å². The highest BCUT2D eigenvalue weighted by Crippen LogP contribution is 2.33. The number of hydrogen-bond acceptors (Lipinski definition) is 2. The lowest BCUT2D eigenvalue weighted by Gasteiger charge is -2.15. The van der Waals surface area contributed by atoms with E-state index in [1.165, 1.54) is 13.2 Å². The van der Waals surface area contributed by atoms with Gasteiger partial charge in [0.25, 0.3) is 0 Å². The van der Waals surface area contributed by atoms with Gasteiger partial charge in [0.05, 0.1) is 13.2 Å². The lowest BCUT2D eigenvalue weighted by Crippen LogP contribution is -2.06. The van der Waals surface area contributed by atoms with Crippen LogP contribution in [0, 0.1) is 5.82 Å². The van der Waals surface area contributed by atoms with E-state index in [-0.39, 0.29) is 12.2 Å². The Morgan fingerprint density at radius 3 is 2.35 bits per heavy atom. The Morgan fingerprint density at radius 2 is 1.75 bits per heavy atom. The molecule has 0 spiro atoms. The predicted molar refractivity (Wildman–Crippen MR) is 78.1 cm³/mol. The normalized spacial score (nSPS) is 12.2. The van der Waals surface area contributed by atoms with E-state index in [4.69, 9.17) is 27.9 Å². The number of aliphatic hydroxyl groups is 1. The summed E-state index contributed by atoms with van der Waals surface area (Å²) in [5.41, 5.74) is 0.742. The third-order valence-corrected chi connectivity index (χ3v) is 3.67. The van der Waals surface area contributed by atoms with Gasteiger partial charge in [-0.1, -0.05) is 41.4 Å². The molecule has 1 unspecified atom stereocenters. The zero-order valence-corrected chi connectivity index (χ0v) is 12.2. The van der Waals surface area contributed by atoms with Crippen molar-refractivity contribution in [2.75, 3.05) is 7.11 Å². The van der Waals surface area contributed by atoms with Crippen LogP contribution in [0.15, 0.2) is 36.4 Å². The maximum absolute atomic E-state index is 14.0. The second kappa shape index (κ2) is 6.44. The topological polar surface area (TPSA) is 29.5 Å². The first-order chi connectivity index (χ1) is 9.54. The first kappa shape index (κ1) is 15.1. The van der Waals surface area contributed by atoms with Gasteiger partial charge in [0.1, 0.15) is 0 Å². The van der Waals surface area contributed by atoms with Gasteiger partial charge >= 0.3 is 0 Å². The third-order valence-electron chi connectivity index (χ3n) is 3.01. The van der Waals surface area contributed by atoms with Gasteiger partial charge in [-0.05, 0) is 23.8 Å². The summed E-state index contributed by atoms with van der Waals surface area (Å²) < 4.78 is 19.0. The van der Waals surface area contributed by atoms with Gasteiger partial charge in [-0.2, -0.15) is 0 Å². The molecule has 0 amide bonds. The molecule has 1 atom stereocenters. The van der Waals surface area contributed by atoms with Crippen molar-refractivity contribution in [3.63, 3.8) is 0 Å². The molecule has 0 saturated carbocycles. The van der Waals surface area contributed by atoms with Crippen LogP contribution in [0.3, 0.4) is 0 Å². The standard InChI is InChI=1S/C15H13Cl2FO2/c1-20-13-7-2-4-9(15(13)18)8-12(19)14-10(16)5-3-6-11(14)17/h2-7,12,19H,8H2,1H3. The molecule has 2 aromatic carbocycles. The van der Waals surface area contributed by atoms with E-state index in [1.807, 2.05) is 0 Å². The molecule has 2 aromatic rings. The quantitative estimate of drug-likeness (QED) is 0.905. The van der Waals surface area contributed by atoms with E-state index >= 15 is 0 Å². The largest absolute Gasteiger partial charge is 0.494 e. The van der Waals surface area contributed by atoms with Crippen LogP contribution in [-0.4, -0.2) is 12.2 Å². The van der Waals surface area contributed by atoms with Gasteiger partial charge < -0.3 is 9.84 Å². The van der Waals surface area contributed by atoms with Crippen LogP contribution in [0.25, 0.3) is 0 Å². The van der Waals surface area contributed by atoms with Gasteiger partial charge in [0.15, 0.2) is 11.6 Å². The first-order valence-corrected chi connectivity index (χ1v) is 6.73. The second-order valence-electron chi connectivity index (χ2n) is 4.29. The molecule has 20 heavy (non-hydrogen) atoms. The fraction of sp³-hybridized carbons (Fsp3) is 0.200. The summed E-state index contributed by atoms with van der Waals surface area (Å²) in [6.45, 7) is 0. The van der Waals surface area contributed by atoms with Gasteiger partial charge in [-0.3, -0.25) is 0 Å². The molecular weight excluding hydrogens is 302 g/mol. The Bertz CT molecular complexity index is 597. The van der Waals surface area contributed by atoms with Gasteiger partial charge in [0, 0.05) is 22.0 Å². The minimum Gasteiger partial charge on any atom is -0.494 e. The second-order valence-corrected chi connectivity index (χ2v) is 5.10. The summed E-state index contributed by atoms with van der Waals surface area (Å²) in [6, 6.07) is 9.73. The van der Waals surface area contributed by atoms with Crippen LogP contribution in [0.4, 0.5) is 4.39 Å². The summed E-state index contributed by atoms with van der Waals surface area (Å²) in [7, 11) is 1.39. The van der Waals surface area contributed by atoms with E-state index in [9.17, 15) is 9.50 Å². The molecule has 0 fully saturated rings. The molecule has 0 bridgehead atoms. The van der Waals surface area contributed by atoms with E-state index in [0.717, 1.165) is 0 Å². The highest BCUT2D eigenvalue weighted by Gasteiger charge is 2.18. The Kier molecular flexibility index (Phi) is 4.86. The highest BCUT2D eigenvalue weighted by molar-refractivity contribution is 6.36. The third kappa shape index (κ3) is 3.06. The number of aliphatic hydroxyl groups excluding tert-OH is 1. The van der Waals surface area contributed by atoms with Crippen LogP contribution < -0.4 is 4.74 Å². The van der Waals surface area contributed by atoms with Gasteiger partial charge in [-0.15, -0.1) is 0 Å².